The summed E-state index contributed by atoms with van der Waals surface area (Å²) in [4.78, 5) is 25.3. The molecule has 0 unspecified atom stereocenters. The van der Waals surface area contributed by atoms with Crippen LogP contribution < -0.4 is 25.0 Å². The number of carbonyl (C=O) groups excluding carboxylic acids is 1. The highest BCUT2D eigenvalue weighted by Crippen LogP contribution is 2.38. The van der Waals surface area contributed by atoms with Crippen molar-refractivity contribution in [3.63, 3.8) is 0 Å². The molecule has 4 aromatic rings. The molecule has 0 aliphatic rings. The van der Waals surface area contributed by atoms with Gasteiger partial charge in [-0.25, -0.2) is 0 Å². The first-order chi connectivity index (χ1) is 15.5. The van der Waals surface area contributed by atoms with Crippen molar-refractivity contribution < 1.29 is 23.4 Å². The lowest BCUT2D eigenvalue weighted by molar-refractivity contribution is 0.102. The summed E-state index contributed by atoms with van der Waals surface area (Å²) in [5.41, 5.74) is 1.91. The molecule has 0 radical (unpaired) electrons. The molecule has 0 atom stereocenters. The lowest BCUT2D eigenvalue weighted by atomic mass is 10.1. The second-order valence-corrected chi connectivity index (χ2v) is 6.92. The van der Waals surface area contributed by atoms with Crippen LogP contribution >= 0.6 is 0 Å². The van der Waals surface area contributed by atoms with Gasteiger partial charge in [0.15, 0.2) is 16.9 Å². The van der Waals surface area contributed by atoms with Crippen LogP contribution in [0.5, 0.6) is 17.2 Å². The number of rotatable bonds is 6. The van der Waals surface area contributed by atoms with E-state index >= 15 is 0 Å². The number of amides is 1. The second kappa shape index (κ2) is 8.85. The number of methoxy groups -OCH3 is 3. The van der Waals surface area contributed by atoms with Crippen LogP contribution in [0.3, 0.4) is 0 Å². The summed E-state index contributed by atoms with van der Waals surface area (Å²) >= 11 is 0. The molecule has 0 aliphatic carbocycles. The van der Waals surface area contributed by atoms with Crippen LogP contribution in [-0.4, -0.2) is 27.2 Å². The van der Waals surface area contributed by atoms with Crippen LogP contribution in [0, 0.1) is 0 Å². The highest BCUT2D eigenvalue weighted by atomic mass is 16.5. The van der Waals surface area contributed by atoms with Crippen molar-refractivity contribution in [1.29, 1.82) is 0 Å². The van der Waals surface area contributed by atoms with Crippen molar-refractivity contribution in [3.05, 3.63) is 82.5 Å². The zero-order valence-electron chi connectivity index (χ0n) is 17.8. The van der Waals surface area contributed by atoms with Gasteiger partial charge in [-0.3, -0.25) is 9.59 Å². The van der Waals surface area contributed by atoms with Gasteiger partial charge >= 0.3 is 0 Å². The van der Waals surface area contributed by atoms with Gasteiger partial charge in [-0.2, -0.15) is 0 Å². The fraction of sp³-hybridized carbons (Fsp3) is 0.120. The summed E-state index contributed by atoms with van der Waals surface area (Å²) in [6.07, 6.45) is 0. The highest BCUT2D eigenvalue weighted by Gasteiger charge is 2.17. The number of nitrogens with one attached hydrogen (secondary N) is 1. The molecule has 0 saturated heterocycles. The lowest BCUT2D eigenvalue weighted by Crippen LogP contribution is -2.12. The summed E-state index contributed by atoms with van der Waals surface area (Å²) in [6.45, 7) is 0. The molecule has 4 rings (SSSR count). The number of anilines is 1. The normalized spacial score (nSPS) is 10.6. The number of para-hydroxylation sites is 1. The van der Waals surface area contributed by atoms with E-state index in [1.54, 1.807) is 48.5 Å². The van der Waals surface area contributed by atoms with Crippen LogP contribution in [-0.2, 0) is 0 Å². The Hall–Kier alpha value is -4.26. The van der Waals surface area contributed by atoms with Crippen LogP contribution in [0.1, 0.15) is 10.4 Å². The van der Waals surface area contributed by atoms with Gasteiger partial charge in [0.25, 0.3) is 5.91 Å². The average Bonchev–Trinajstić information content (AvgIpc) is 2.83. The van der Waals surface area contributed by atoms with Crippen molar-refractivity contribution in [1.82, 2.24) is 0 Å². The first kappa shape index (κ1) is 21.0. The van der Waals surface area contributed by atoms with Crippen molar-refractivity contribution in [2.75, 3.05) is 26.6 Å². The van der Waals surface area contributed by atoms with Gasteiger partial charge in [-0.15, -0.1) is 0 Å². The minimum Gasteiger partial charge on any atom is -0.493 e. The predicted octanol–water partition coefficient (Wildman–Crippen LogP) is 4.74. The van der Waals surface area contributed by atoms with Crippen LogP contribution in [0.2, 0.25) is 0 Å². The molecule has 7 heteroatoms. The van der Waals surface area contributed by atoms with Crippen molar-refractivity contribution in [2.45, 2.75) is 0 Å². The Morgan fingerprint density at radius 3 is 2.25 bits per heavy atom. The maximum absolute atomic E-state index is 12.9. The first-order valence-electron chi connectivity index (χ1n) is 9.78. The molecule has 3 aromatic carbocycles. The Morgan fingerprint density at radius 1 is 0.844 bits per heavy atom. The summed E-state index contributed by atoms with van der Waals surface area (Å²) in [7, 11) is 4.47. The van der Waals surface area contributed by atoms with E-state index in [0.29, 0.717) is 50.8 Å². The van der Waals surface area contributed by atoms with E-state index in [-0.39, 0.29) is 11.3 Å². The number of hydrogen-bond donors (Lipinski definition) is 1. The lowest BCUT2D eigenvalue weighted by Gasteiger charge is -2.14. The molecule has 32 heavy (non-hydrogen) atoms. The molecule has 0 spiro atoms. The Kier molecular flexibility index (Phi) is 5.81. The Bertz CT molecular complexity index is 1330. The maximum atomic E-state index is 12.9. The number of benzene rings is 3. The minimum absolute atomic E-state index is 0.131. The molecule has 0 fully saturated rings. The SMILES string of the molecule is COc1cc(C(=O)Nc2cccc(-c3cc(=O)c4ccccc4o3)c2)cc(OC)c1OC. The zero-order valence-corrected chi connectivity index (χ0v) is 17.8. The molecule has 0 saturated carbocycles. The minimum atomic E-state index is -0.360. The monoisotopic (exact) mass is 431 g/mol. The number of ether oxygens (including phenoxy) is 3. The summed E-state index contributed by atoms with van der Waals surface area (Å²) < 4.78 is 21.8. The molecule has 7 nitrogen and oxygen atoms in total. The van der Waals surface area contributed by atoms with Crippen molar-refractivity contribution >= 4 is 22.6 Å². The molecular weight excluding hydrogens is 410 g/mol. The Morgan fingerprint density at radius 2 is 1.56 bits per heavy atom. The molecular formula is C25H21NO6. The molecule has 162 valence electrons. The molecule has 0 aliphatic heterocycles. The van der Waals surface area contributed by atoms with Gasteiger partial charge in [0.1, 0.15) is 11.3 Å². The van der Waals surface area contributed by atoms with Crippen LogP contribution in [0.25, 0.3) is 22.3 Å². The van der Waals surface area contributed by atoms with Crippen molar-refractivity contribution in [2.24, 2.45) is 0 Å². The van der Waals surface area contributed by atoms with E-state index in [1.807, 2.05) is 12.1 Å². The standard InChI is InChI=1S/C25H21NO6/c1-29-22-12-16(13-23(30-2)24(22)31-3)25(28)26-17-8-6-7-15(11-17)21-14-19(27)18-9-4-5-10-20(18)32-21/h4-14H,1-3H3,(H,26,28). The first-order valence-corrected chi connectivity index (χ1v) is 9.78. The molecule has 0 bridgehead atoms. The van der Waals surface area contributed by atoms with Gasteiger partial charge in [-0.05, 0) is 36.4 Å². The van der Waals surface area contributed by atoms with Gasteiger partial charge in [0, 0.05) is 22.9 Å². The molecule has 1 heterocycles. The molecule has 1 amide bonds. The predicted molar refractivity (Wildman–Crippen MR) is 122 cm³/mol. The van der Waals surface area contributed by atoms with Gasteiger partial charge in [-0.1, -0.05) is 24.3 Å². The molecule has 1 aromatic heterocycles. The Labute approximate surface area is 184 Å². The van der Waals surface area contributed by atoms with E-state index in [4.69, 9.17) is 18.6 Å². The van der Waals surface area contributed by atoms with Crippen LogP contribution in [0.4, 0.5) is 5.69 Å². The molecule has 1 N–H and O–H groups in total. The van der Waals surface area contributed by atoms with Crippen LogP contribution in [0.15, 0.2) is 75.9 Å². The summed E-state index contributed by atoms with van der Waals surface area (Å²) in [6, 6.07) is 18.7. The largest absolute Gasteiger partial charge is 0.493 e. The topological polar surface area (TPSA) is 87.0 Å². The fourth-order valence-electron chi connectivity index (χ4n) is 3.41. The van der Waals surface area contributed by atoms with E-state index in [0.717, 1.165) is 0 Å². The second-order valence-electron chi connectivity index (χ2n) is 6.92. The fourth-order valence-corrected chi connectivity index (χ4v) is 3.41. The number of carbonyl (C=O) groups is 1. The van der Waals surface area contributed by atoms with Gasteiger partial charge < -0.3 is 23.9 Å². The van der Waals surface area contributed by atoms with E-state index in [2.05, 4.69) is 5.32 Å². The third-order valence-corrected chi connectivity index (χ3v) is 4.97. The number of fused-ring (bicyclic) bond motifs is 1. The summed E-state index contributed by atoms with van der Waals surface area (Å²) in [5, 5.41) is 3.37. The quantitative estimate of drug-likeness (QED) is 0.475. The zero-order chi connectivity index (χ0) is 22.7. The third-order valence-electron chi connectivity index (χ3n) is 4.97. The smallest absolute Gasteiger partial charge is 0.255 e. The average molecular weight is 431 g/mol. The van der Waals surface area contributed by atoms with E-state index in [1.165, 1.54) is 27.4 Å². The van der Waals surface area contributed by atoms with E-state index in [9.17, 15) is 9.59 Å². The third kappa shape index (κ3) is 4.00. The van der Waals surface area contributed by atoms with Gasteiger partial charge in [0.2, 0.25) is 5.75 Å². The number of hydrogen-bond acceptors (Lipinski definition) is 6. The summed E-state index contributed by atoms with van der Waals surface area (Å²) in [5.74, 6) is 1.21. The van der Waals surface area contributed by atoms with Crippen molar-refractivity contribution in [3.8, 4) is 28.6 Å². The van der Waals surface area contributed by atoms with E-state index < -0.39 is 0 Å². The van der Waals surface area contributed by atoms with Gasteiger partial charge in [0.05, 0.1) is 26.7 Å². The Balaban J connectivity index is 1.65. The highest BCUT2D eigenvalue weighted by molar-refractivity contribution is 6.05. The maximum Gasteiger partial charge on any atom is 0.255 e.